The molecule has 0 fully saturated rings. The zero-order chi connectivity index (χ0) is 30.9. The van der Waals surface area contributed by atoms with Gasteiger partial charge in [-0.05, 0) is 48.9 Å². The van der Waals surface area contributed by atoms with Crippen molar-refractivity contribution in [2.75, 3.05) is 26.7 Å². The van der Waals surface area contributed by atoms with E-state index in [1.54, 1.807) is 4.90 Å². The minimum absolute atomic E-state index is 0.114. The normalized spacial score (nSPS) is 18.8. The Bertz CT molecular complexity index is 1580. The number of hydrogen-bond donors (Lipinski definition) is 1. The number of ether oxygens (including phenoxy) is 1. The molecule has 1 amide bonds. The molecule has 0 saturated heterocycles. The minimum atomic E-state index is -4.38. The molecule has 43 heavy (non-hydrogen) atoms. The van der Waals surface area contributed by atoms with E-state index in [2.05, 4.69) is 0 Å². The molecular weight excluding hydrogens is 555 g/mol. The molecular formula is C34H38F3N3O3. The Balaban J connectivity index is 1.51. The van der Waals surface area contributed by atoms with Gasteiger partial charge in [-0.25, -0.2) is 0 Å². The van der Waals surface area contributed by atoms with Crippen molar-refractivity contribution >= 4 is 16.8 Å². The first-order valence-corrected chi connectivity index (χ1v) is 14.5. The summed E-state index contributed by atoms with van der Waals surface area (Å²) in [5.41, 5.74) is 4.33. The third-order valence-electron chi connectivity index (χ3n) is 8.45. The second kappa shape index (κ2) is 12.5. The van der Waals surface area contributed by atoms with Crippen LogP contribution in [-0.2, 0) is 31.1 Å². The number of carbonyl (C=O) groups is 1. The number of nitrogens with zero attached hydrogens (tertiary/aromatic N) is 3. The number of halogens is 3. The Morgan fingerprint density at radius 2 is 1.72 bits per heavy atom. The highest BCUT2D eigenvalue weighted by Gasteiger charge is 2.34. The fourth-order valence-corrected chi connectivity index (χ4v) is 6.01. The maximum atomic E-state index is 14.4. The minimum Gasteiger partial charge on any atom is -0.394 e. The van der Waals surface area contributed by atoms with Crippen LogP contribution in [0.1, 0.15) is 41.0 Å². The van der Waals surface area contributed by atoms with E-state index < -0.39 is 17.8 Å². The molecule has 5 rings (SSSR count). The predicted molar refractivity (Wildman–Crippen MR) is 161 cm³/mol. The van der Waals surface area contributed by atoms with Crippen molar-refractivity contribution in [1.29, 1.82) is 0 Å². The van der Waals surface area contributed by atoms with Crippen LogP contribution >= 0.6 is 0 Å². The Kier molecular flexibility index (Phi) is 8.96. The maximum Gasteiger partial charge on any atom is 0.416 e. The summed E-state index contributed by atoms with van der Waals surface area (Å²) in [7, 11) is 3.82. The predicted octanol–water partition coefficient (Wildman–Crippen LogP) is 6.35. The van der Waals surface area contributed by atoms with E-state index in [4.69, 9.17) is 4.74 Å². The SMILES string of the molecule is C[C@@H]1CN([C@@H](C)CO)C(=O)c2c(c3ccccc3n2C)-c2ccccc2CO[C@H]1CN(C)Cc1ccc(C(F)(F)F)cc1. The number of alkyl halides is 3. The van der Waals surface area contributed by atoms with Crippen molar-refractivity contribution < 1.29 is 27.8 Å². The topological polar surface area (TPSA) is 57.9 Å². The maximum absolute atomic E-state index is 14.4. The van der Waals surface area contributed by atoms with Crippen LogP contribution < -0.4 is 0 Å². The summed E-state index contributed by atoms with van der Waals surface area (Å²) in [5, 5.41) is 11.2. The Morgan fingerprint density at radius 1 is 1.05 bits per heavy atom. The highest BCUT2D eigenvalue weighted by molar-refractivity contribution is 6.10. The molecule has 0 aliphatic carbocycles. The number of fused-ring (bicyclic) bond motifs is 5. The van der Waals surface area contributed by atoms with Gasteiger partial charge in [-0.3, -0.25) is 9.69 Å². The van der Waals surface area contributed by atoms with Gasteiger partial charge in [0.15, 0.2) is 0 Å². The largest absolute Gasteiger partial charge is 0.416 e. The molecule has 3 atom stereocenters. The summed E-state index contributed by atoms with van der Waals surface area (Å²) in [6, 6.07) is 20.7. The molecule has 0 radical (unpaired) electrons. The van der Waals surface area contributed by atoms with Gasteiger partial charge in [0.25, 0.3) is 5.91 Å². The van der Waals surface area contributed by atoms with E-state index in [0.717, 1.165) is 45.3 Å². The molecule has 4 aromatic rings. The van der Waals surface area contributed by atoms with E-state index >= 15 is 0 Å². The van der Waals surface area contributed by atoms with Crippen LogP contribution in [0.2, 0.25) is 0 Å². The average Bonchev–Trinajstić information content (AvgIpc) is 3.28. The first-order valence-electron chi connectivity index (χ1n) is 14.5. The highest BCUT2D eigenvalue weighted by atomic mass is 19.4. The summed E-state index contributed by atoms with van der Waals surface area (Å²) >= 11 is 0. The molecule has 2 heterocycles. The molecule has 0 bridgehead atoms. The number of aryl methyl sites for hydroxylation is 1. The zero-order valence-electron chi connectivity index (χ0n) is 24.9. The first kappa shape index (κ1) is 30.8. The standard InChI is InChI=1S/C34H38F3N3O3/c1-22-17-40(23(2)20-41)33(42)32-31(28-11-7-8-12-29(28)39(32)4)27-10-6-5-9-25(27)21-43-30(22)19-38(3)18-24-13-15-26(16-14-24)34(35,36)37/h5-16,22-23,30,41H,17-21H2,1-4H3/t22-,23+,30+/m1/s1. The zero-order valence-corrected chi connectivity index (χ0v) is 24.9. The first-order chi connectivity index (χ1) is 20.5. The van der Waals surface area contributed by atoms with E-state index in [-0.39, 0.29) is 24.5 Å². The molecule has 1 aliphatic heterocycles. The van der Waals surface area contributed by atoms with Gasteiger partial charge < -0.3 is 19.3 Å². The van der Waals surface area contributed by atoms with Crippen LogP contribution in [0, 0.1) is 5.92 Å². The number of benzene rings is 3. The van der Waals surface area contributed by atoms with E-state index in [1.807, 2.05) is 85.9 Å². The molecule has 3 aromatic carbocycles. The van der Waals surface area contributed by atoms with Crippen molar-refractivity contribution in [3.8, 4) is 11.1 Å². The van der Waals surface area contributed by atoms with Crippen LogP contribution in [0.15, 0.2) is 72.8 Å². The lowest BCUT2D eigenvalue weighted by Gasteiger charge is -2.35. The van der Waals surface area contributed by atoms with Crippen LogP contribution in [-0.4, -0.2) is 64.3 Å². The molecule has 1 N–H and O–H groups in total. The third-order valence-corrected chi connectivity index (χ3v) is 8.45. The average molecular weight is 594 g/mol. The van der Waals surface area contributed by atoms with E-state index in [9.17, 15) is 23.1 Å². The highest BCUT2D eigenvalue weighted by Crippen LogP contribution is 2.38. The van der Waals surface area contributed by atoms with Crippen LogP contribution in [0.5, 0.6) is 0 Å². The van der Waals surface area contributed by atoms with Crippen LogP contribution in [0.25, 0.3) is 22.0 Å². The molecule has 9 heteroatoms. The number of carbonyl (C=O) groups excluding carboxylic acids is 1. The monoisotopic (exact) mass is 593 g/mol. The van der Waals surface area contributed by atoms with Crippen molar-refractivity contribution in [1.82, 2.24) is 14.4 Å². The fourth-order valence-electron chi connectivity index (χ4n) is 6.01. The van der Waals surface area contributed by atoms with Gasteiger partial charge in [-0.15, -0.1) is 0 Å². The van der Waals surface area contributed by atoms with Crippen molar-refractivity contribution in [2.24, 2.45) is 13.0 Å². The van der Waals surface area contributed by atoms with E-state index in [1.165, 1.54) is 12.1 Å². The fraction of sp³-hybridized carbons (Fsp3) is 0.382. The van der Waals surface area contributed by atoms with E-state index in [0.29, 0.717) is 31.9 Å². The van der Waals surface area contributed by atoms with Gasteiger partial charge in [-0.2, -0.15) is 13.2 Å². The summed E-state index contributed by atoms with van der Waals surface area (Å²) < 4.78 is 47.7. The van der Waals surface area contributed by atoms with Crippen molar-refractivity contribution in [3.63, 3.8) is 0 Å². The lowest BCUT2D eigenvalue weighted by atomic mass is 9.96. The second-order valence-corrected chi connectivity index (χ2v) is 11.7. The number of aromatic nitrogens is 1. The van der Waals surface area contributed by atoms with Gasteiger partial charge in [-0.1, -0.05) is 61.5 Å². The lowest BCUT2D eigenvalue weighted by Crippen LogP contribution is -2.47. The van der Waals surface area contributed by atoms with Gasteiger partial charge in [0.1, 0.15) is 5.69 Å². The number of para-hydroxylation sites is 1. The molecule has 1 aliphatic rings. The number of aliphatic hydroxyl groups is 1. The summed E-state index contributed by atoms with van der Waals surface area (Å²) in [6.07, 6.45) is -4.67. The summed E-state index contributed by atoms with van der Waals surface area (Å²) in [6.45, 7) is 5.31. The summed E-state index contributed by atoms with van der Waals surface area (Å²) in [4.78, 5) is 18.2. The van der Waals surface area contributed by atoms with Gasteiger partial charge in [0.05, 0.1) is 30.9 Å². The van der Waals surface area contributed by atoms with Gasteiger partial charge in [0, 0.05) is 49.1 Å². The van der Waals surface area contributed by atoms with Gasteiger partial charge in [0.2, 0.25) is 0 Å². The number of amides is 1. The van der Waals surface area contributed by atoms with Gasteiger partial charge >= 0.3 is 6.18 Å². The quantitative estimate of drug-likeness (QED) is 0.283. The van der Waals surface area contributed by atoms with Crippen molar-refractivity contribution in [2.45, 2.75) is 45.3 Å². The molecule has 0 saturated carbocycles. The molecule has 6 nitrogen and oxygen atoms in total. The second-order valence-electron chi connectivity index (χ2n) is 11.7. The number of aliphatic hydroxyl groups excluding tert-OH is 1. The van der Waals surface area contributed by atoms with Crippen LogP contribution in [0.3, 0.4) is 0 Å². The molecule has 1 aromatic heterocycles. The Morgan fingerprint density at radius 3 is 2.42 bits per heavy atom. The Labute approximate surface area is 250 Å². The third kappa shape index (κ3) is 6.34. The number of likely N-dealkylation sites (N-methyl/N-ethyl adjacent to an activating group) is 1. The van der Waals surface area contributed by atoms with Crippen molar-refractivity contribution in [3.05, 3.63) is 95.2 Å². The van der Waals surface area contributed by atoms with Crippen LogP contribution in [0.4, 0.5) is 13.2 Å². The molecule has 0 unspecified atom stereocenters. The molecule has 228 valence electrons. The lowest BCUT2D eigenvalue weighted by molar-refractivity contribution is -0.137. The Hall–Kier alpha value is -3.66. The number of rotatable bonds is 6. The molecule has 0 spiro atoms. The summed E-state index contributed by atoms with van der Waals surface area (Å²) in [5.74, 6) is -0.271. The number of hydrogen-bond acceptors (Lipinski definition) is 4. The smallest absolute Gasteiger partial charge is 0.394 e.